The highest BCUT2D eigenvalue weighted by atomic mass is 16.5. The molecule has 1 unspecified atom stereocenters. The highest BCUT2D eigenvalue weighted by Crippen LogP contribution is 2.18. The Bertz CT molecular complexity index is 491. The molecule has 0 spiro atoms. The molecule has 0 bridgehead atoms. The van der Waals surface area contributed by atoms with Gasteiger partial charge in [0.25, 0.3) is 5.91 Å². The third-order valence-corrected chi connectivity index (χ3v) is 2.63. The minimum absolute atomic E-state index is 0.0680. The van der Waals surface area contributed by atoms with E-state index in [1.807, 2.05) is 0 Å². The van der Waals surface area contributed by atoms with Crippen LogP contribution in [-0.4, -0.2) is 43.2 Å². The Hall–Kier alpha value is -2.28. The number of carbonyl (C=O) groups is 2. The number of nitrogens with two attached hydrogens (primary N) is 1. The zero-order valence-corrected chi connectivity index (χ0v) is 11.5. The van der Waals surface area contributed by atoms with Crippen LogP contribution in [0.1, 0.15) is 17.3 Å². The van der Waals surface area contributed by atoms with Gasteiger partial charge >= 0.3 is 0 Å². The van der Waals surface area contributed by atoms with Crippen LogP contribution in [0.15, 0.2) is 18.2 Å². The Balaban J connectivity index is 2.61. The number of amides is 2. The summed E-state index contributed by atoms with van der Waals surface area (Å²) in [4.78, 5) is 23.6. The molecule has 0 aliphatic rings. The van der Waals surface area contributed by atoms with Gasteiger partial charge in [0.15, 0.2) is 0 Å². The average Bonchev–Trinajstić information content (AvgIpc) is 2.41. The summed E-state index contributed by atoms with van der Waals surface area (Å²) in [6, 6.07) is 3.34. The second-order valence-corrected chi connectivity index (χ2v) is 4.25. The molecule has 110 valence electrons. The molecule has 0 aromatic heterocycles. The summed E-state index contributed by atoms with van der Waals surface area (Å²) in [5.74, 6) is -0.913. The van der Waals surface area contributed by atoms with Crippen LogP contribution in [0, 0.1) is 0 Å². The number of methoxy groups -OCH3 is 1. The first-order valence-corrected chi connectivity index (χ1v) is 6.11. The summed E-state index contributed by atoms with van der Waals surface area (Å²) >= 11 is 0. The number of carbonyl (C=O) groups excluding carboxylic acids is 2. The van der Waals surface area contributed by atoms with Crippen LogP contribution in [-0.2, 0) is 9.53 Å². The molecule has 1 atom stereocenters. The fraction of sp³-hybridized carbons (Fsp3) is 0.385. The number of phenols is 1. The van der Waals surface area contributed by atoms with Gasteiger partial charge in [0.05, 0.1) is 12.2 Å². The third-order valence-electron chi connectivity index (χ3n) is 2.63. The summed E-state index contributed by atoms with van der Waals surface area (Å²) < 4.78 is 4.80. The van der Waals surface area contributed by atoms with E-state index in [1.54, 1.807) is 6.92 Å². The summed E-state index contributed by atoms with van der Waals surface area (Å²) in [6.45, 7) is 2.31. The molecule has 5 N–H and O–H groups in total. The third kappa shape index (κ3) is 4.43. The van der Waals surface area contributed by atoms with Gasteiger partial charge in [0.2, 0.25) is 5.91 Å². The summed E-state index contributed by atoms with van der Waals surface area (Å²) in [6.07, 6.45) is 0. The van der Waals surface area contributed by atoms with E-state index < -0.39 is 11.9 Å². The van der Waals surface area contributed by atoms with E-state index in [-0.39, 0.29) is 22.9 Å². The number of hydrogen-bond donors (Lipinski definition) is 4. The van der Waals surface area contributed by atoms with Crippen molar-refractivity contribution in [3.05, 3.63) is 23.8 Å². The van der Waals surface area contributed by atoms with Gasteiger partial charge in [-0.1, -0.05) is 0 Å². The van der Waals surface area contributed by atoms with Crippen molar-refractivity contribution in [3.63, 3.8) is 0 Å². The van der Waals surface area contributed by atoms with Gasteiger partial charge in [-0.05, 0) is 25.1 Å². The molecule has 7 nitrogen and oxygen atoms in total. The monoisotopic (exact) mass is 281 g/mol. The summed E-state index contributed by atoms with van der Waals surface area (Å²) in [5, 5.41) is 14.5. The molecule has 1 aromatic rings. The molecule has 0 aliphatic heterocycles. The van der Waals surface area contributed by atoms with Gasteiger partial charge in [0, 0.05) is 19.3 Å². The largest absolute Gasteiger partial charge is 0.508 e. The van der Waals surface area contributed by atoms with Crippen molar-refractivity contribution in [3.8, 4) is 5.75 Å². The quantitative estimate of drug-likeness (QED) is 0.329. The fourth-order valence-corrected chi connectivity index (χ4v) is 1.51. The molecule has 7 heteroatoms. The Morgan fingerprint density at radius 1 is 1.45 bits per heavy atom. The zero-order chi connectivity index (χ0) is 15.1. The van der Waals surface area contributed by atoms with Crippen LogP contribution in [0.2, 0.25) is 0 Å². The number of rotatable bonds is 6. The van der Waals surface area contributed by atoms with Gasteiger partial charge in [-0.15, -0.1) is 0 Å². The standard InChI is InChI=1S/C13H19N3O4/c1-8(12(18)15-5-6-20-2)16-13(19)10-7-9(17)3-4-11(10)14/h3-4,7-8,17H,5-6,14H2,1-2H3,(H,15,18)(H,16,19). The lowest BCUT2D eigenvalue weighted by molar-refractivity contribution is -0.122. The molecule has 2 amide bonds. The van der Waals surface area contributed by atoms with Gasteiger partial charge in [-0.25, -0.2) is 0 Å². The van der Waals surface area contributed by atoms with Crippen LogP contribution in [0.25, 0.3) is 0 Å². The minimum atomic E-state index is -0.721. The van der Waals surface area contributed by atoms with Crippen molar-refractivity contribution in [1.82, 2.24) is 10.6 Å². The number of nitrogens with one attached hydrogen (secondary N) is 2. The number of ether oxygens (including phenoxy) is 1. The molecule has 0 heterocycles. The second-order valence-electron chi connectivity index (χ2n) is 4.25. The highest BCUT2D eigenvalue weighted by Gasteiger charge is 2.18. The molecule has 0 saturated carbocycles. The van der Waals surface area contributed by atoms with Gasteiger partial charge in [-0.2, -0.15) is 0 Å². The normalized spacial score (nSPS) is 11.7. The van der Waals surface area contributed by atoms with Crippen molar-refractivity contribution < 1.29 is 19.4 Å². The summed E-state index contributed by atoms with van der Waals surface area (Å²) in [5.41, 5.74) is 6.01. The topological polar surface area (TPSA) is 114 Å². The SMILES string of the molecule is COCCNC(=O)C(C)NC(=O)c1cc(O)ccc1N. The average molecular weight is 281 g/mol. The maximum Gasteiger partial charge on any atom is 0.254 e. The predicted molar refractivity (Wildman–Crippen MR) is 74.3 cm³/mol. The Kier molecular flexibility index (Phi) is 5.79. The predicted octanol–water partition coefficient (Wildman–Crippen LogP) is -0.145. The first-order valence-electron chi connectivity index (χ1n) is 6.11. The maximum atomic E-state index is 12.0. The highest BCUT2D eigenvalue weighted by molar-refractivity contribution is 6.01. The van der Waals surface area contributed by atoms with Crippen LogP contribution in [0.4, 0.5) is 5.69 Å². The van der Waals surface area contributed by atoms with E-state index in [9.17, 15) is 14.7 Å². The molecule has 0 saturated heterocycles. The van der Waals surface area contributed by atoms with E-state index in [4.69, 9.17) is 10.5 Å². The maximum absolute atomic E-state index is 12.0. The molecule has 20 heavy (non-hydrogen) atoms. The first kappa shape index (κ1) is 15.8. The molecule has 0 radical (unpaired) electrons. The van der Waals surface area contributed by atoms with Crippen LogP contribution in [0.3, 0.4) is 0 Å². The van der Waals surface area contributed by atoms with Crippen molar-refractivity contribution in [2.75, 3.05) is 26.0 Å². The number of anilines is 1. The number of nitrogen functional groups attached to an aromatic ring is 1. The van der Waals surface area contributed by atoms with Gasteiger partial charge < -0.3 is 26.2 Å². The Morgan fingerprint density at radius 3 is 2.80 bits per heavy atom. The molecule has 1 rings (SSSR count). The second kappa shape index (κ2) is 7.34. The molecular weight excluding hydrogens is 262 g/mol. The lowest BCUT2D eigenvalue weighted by Gasteiger charge is -2.15. The first-order chi connectivity index (χ1) is 9.45. The number of benzene rings is 1. The van der Waals surface area contributed by atoms with Gasteiger partial charge in [0.1, 0.15) is 11.8 Å². The zero-order valence-electron chi connectivity index (χ0n) is 11.5. The van der Waals surface area contributed by atoms with E-state index in [2.05, 4.69) is 10.6 Å². The van der Waals surface area contributed by atoms with Crippen molar-refractivity contribution >= 4 is 17.5 Å². The molecular formula is C13H19N3O4. The van der Waals surface area contributed by atoms with Crippen LogP contribution < -0.4 is 16.4 Å². The van der Waals surface area contributed by atoms with Crippen LogP contribution in [0.5, 0.6) is 5.75 Å². The molecule has 0 fully saturated rings. The van der Waals surface area contributed by atoms with Crippen molar-refractivity contribution in [2.45, 2.75) is 13.0 Å². The molecule has 0 aliphatic carbocycles. The Labute approximate surface area is 117 Å². The minimum Gasteiger partial charge on any atom is -0.508 e. The van der Waals surface area contributed by atoms with E-state index >= 15 is 0 Å². The van der Waals surface area contributed by atoms with Crippen molar-refractivity contribution in [2.24, 2.45) is 0 Å². The van der Waals surface area contributed by atoms with E-state index in [0.717, 1.165) is 0 Å². The number of hydrogen-bond acceptors (Lipinski definition) is 5. The number of aromatic hydroxyl groups is 1. The smallest absolute Gasteiger partial charge is 0.254 e. The summed E-state index contributed by atoms with van der Waals surface area (Å²) in [7, 11) is 1.53. The van der Waals surface area contributed by atoms with E-state index in [1.165, 1.54) is 25.3 Å². The lowest BCUT2D eigenvalue weighted by Crippen LogP contribution is -2.45. The van der Waals surface area contributed by atoms with E-state index in [0.29, 0.717) is 13.2 Å². The number of phenolic OH excluding ortho intramolecular Hbond substituents is 1. The van der Waals surface area contributed by atoms with Crippen molar-refractivity contribution in [1.29, 1.82) is 0 Å². The Morgan fingerprint density at radius 2 is 2.15 bits per heavy atom. The fourth-order valence-electron chi connectivity index (χ4n) is 1.51. The molecule has 1 aromatic carbocycles. The lowest BCUT2D eigenvalue weighted by atomic mass is 10.1. The van der Waals surface area contributed by atoms with Crippen LogP contribution >= 0.6 is 0 Å². The van der Waals surface area contributed by atoms with Gasteiger partial charge in [-0.3, -0.25) is 9.59 Å².